The largest absolute Gasteiger partial charge is 0.504 e. The normalized spacial score (nSPS) is 17.0. The van der Waals surface area contributed by atoms with Gasteiger partial charge in [-0.05, 0) is 54.1 Å². The van der Waals surface area contributed by atoms with Gasteiger partial charge in [-0.25, -0.2) is 0 Å². The minimum atomic E-state index is -0.0519. The van der Waals surface area contributed by atoms with Crippen LogP contribution in [0.1, 0.15) is 22.6 Å². The Morgan fingerprint density at radius 1 is 1.22 bits per heavy atom. The summed E-state index contributed by atoms with van der Waals surface area (Å²) in [6, 6.07) is 9.52. The van der Waals surface area contributed by atoms with Crippen molar-refractivity contribution < 1.29 is 10.2 Å². The van der Waals surface area contributed by atoms with E-state index in [-0.39, 0.29) is 34.4 Å². The van der Waals surface area contributed by atoms with Crippen LogP contribution in [0.15, 0.2) is 35.2 Å². The zero-order chi connectivity index (χ0) is 15.7. The van der Waals surface area contributed by atoms with Gasteiger partial charge in [0.1, 0.15) is 0 Å². The van der Waals surface area contributed by atoms with Gasteiger partial charge in [-0.3, -0.25) is 0 Å². The van der Waals surface area contributed by atoms with Crippen LogP contribution in [0.5, 0.6) is 11.5 Å². The van der Waals surface area contributed by atoms with E-state index >= 15 is 0 Å². The monoisotopic (exact) mass is 415 g/mol. The molecule has 1 aliphatic heterocycles. The molecule has 0 radical (unpaired) electrons. The molecule has 0 spiro atoms. The van der Waals surface area contributed by atoms with E-state index in [1.165, 1.54) is 11.8 Å². The van der Waals surface area contributed by atoms with E-state index in [1.807, 2.05) is 30.5 Å². The highest BCUT2D eigenvalue weighted by Gasteiger charge is 2.25. The number of benzene rings is 2. The molecule has 1 atom stereocenters. The maximum absolute atomic E-state index is 10.1. The average Bonchev–Trinajstić information content (AvgIpc) is 2.72. The Morgan fingerprint density at radius 3 is 2.57 bits per heavy atom. The van der Waals surface area contributed by atoms with Crippen LogP contribution in [-0.4, -0.2) is 29.6 Å². The molecule has 6 heteroatoms. The molecule has 0 aliphatic carbocycles. The highest BCUT2D eigenvalue weighted by atomic mass is 79.9. The molecule has 2 aromatic rings. The molecule has 3 nitrogen and oxygen atoms in total. The molecule has 1 heterocycles. The lowest BCUT2D eigenvalue weighted by Crippen LogP contribution is -2.20. The average molecular weight is 417 g/mol. The second-order valence-electron chi connectivity index (χ2n) is 5.40. The molecule has 0 saturated carbocycles. The zero-order valence-corrected chi connectivity index (χ0v) is 16.0. The summed E-state index contributed by atoms with van der Waals surface area (Å²) in [7, 11) is 0. The summed E-state index contributed by atoms with van der Waals surface area (Å²) in [5, 5.41) is 24.4. The second-order valence-corrected chi connectivity index (χ2v) is 6.66. The van der Waals surface area contributed by atoms with Gasteiger partial charge in [0.05, 0.1) is 4.90 Å². The molecular weight excluding hydrogens is 398 g/mol. The third-order valence-corrected chi connectivity index (χ3v) is 5.22. The summed E-state index contributed by atoms with van der Waals surface area (Å²) in [5.74, 6) is 0.0686. The number of fused-ring (bicyclic) bond motifs is 1. The van der Waals surface area contributed by atoms with Crippen LogP contribution in [0.3, 0.4) is 0 Å². The molecule has 1 aliphatic rings. The van der Waals surface area contributed by atoms with Crippen molar-refractivity contribution in [3.05, 3.63) is 52.0 Å². The van der Waals surface area contributed by atoms with Gasteiger partial charge >= 0.3 is 0 Å². The number of hydrogen-bond donors (Lipinski definition) is 3. The fourth-order valence-electron chi connectivity index (χ4n) is 3.04. The Labute approximate surface area is 155 Å². The molecule has 3 rings (SSSR count). The first kappa shape index (κ1) is 18.5. The van der Waals surface area contributed by atoms with Crippen molar-refractivity contribution >= 4 is 40.3 Å². The molecule has 0 saturated heterocycles. The second kappa shape index (κ2) is 7.79. The van der Waals surface area contributed by atoms with Crippen LogP contribution in [0.4, 0.5) is 0 Å². The molecule has 0 aromatic heterocycles. The number of nitrogens with one attached hydrogen (secondary N) is 1. The van der Waals surface area contributed by atoms with Crippen LogP contribution in [0.25, 0.3) is 0 Å². The molecule has 23 heavy (non-hydrogen) atoms. The van der Waals surface area contributed by atoms with Crippen LogP contribution in [0.2, 0.25) is 5.02 Å². The van der Waals surface area contributed by atoms with E-state index in [1.54, 1.807) is 6.07 Å². The summed E-state index contributed by atoms with van der Waals surface area (Å²) >= 11 is 7.46. The van der Waals surface area contributed by atoms with Crippen molar-refractivity contribution in [3.63, 3.8) is 0 Å². The van der Waals surface area contributed by atoms with Crippen LogP contribution < -0.4 is 5.32 Å². The number of rotatable bonds is 2. The quantitative estimate of drug-likeness (QED) is 0.504. The fourth-order valence-corrected chi connectivity index (χ4v) is 3.93. The molecule has 2 aromatic carbocycles. The number of thioether (sulfide) groups is 1. The maximum Gasteiger partial charge on any atom is 0.171 e. The lowest BCUT2D eigenvalue weighted by molar-refractivity contribution is 0.393. The number of phenols is 2. The van der Waals surface area contributed by atoms with E-state index in [0.717, 1.165) is 41.1 Å². The van der Waals surface area contributed by atoms with Crippen LogP contribution in [0, 0.1) is 0 Å². The van der Waals surface area contributed by atoms with Crippen LogP contribution in [-0.2, 0) is 6.42 Å². The minimum absolute atomic E-state index is 0. The number of halogens is 2. The van der Waals surface area contributed by atoms with Crippen molar-refractivity contribution in [1.82, 2.24) is 5.32 Å². The van der Waals surface area contributed by atoms with Gasteiger partial charge in [0.25, 0.3) is 0 Å². The predicted octanol–water partition coefficient (Wildman–Crippen LogP) is 4.33. The van der Waals surface area contributed by atoms with Crippen LogP contribution >= 0.6 is 40.3 Å². The number of hydrogen-bond acceptors (Lipinski definition) is 4. The predicted molar refractivity (Wildman–Crippen MR) is 102 cm³/mol. The summed E-state index contributed by atoms with van der Waals surface area (Å²) in [6.45, 7) is 1.65. The van der Waals surface area contributed by atoms with Crippen molar-refractivity contribution in [2.45, 2.75) is 17.2 Å². The van der Waals surface area contributed by atoms with Crippen molar-refractivity contribution in [2.24, 2.45) is 0 Å². The third-order valence-electron chi connectivity index (χ3n) is 4.12. The van der Waals surface area contributed by atoms with E-state index in [0.29, 0.717) is 5.02 Å². The Balaban J connectivity index is 0.00000192. The molecule has 0 amide bonds. The first-order valence-electron chi connectivity index (χ1n) is 7.19. The van der Waals surface area contributed by atoms with Gasteiger partial charge in [-0.2, -0.15) is 0 Å². The maximum atomic E-state index is 10.1. The third kappa shape index (κ3) is 3.63. The van der Waals surface area contributed by atoms with Crippen molar-refractivity contribution in [3.8, 4) is 11.5 Å². The topological polar surface area (TPSA) is 52.5 Å². The lowest BCUT2D eigenvalue weighted by atomic mass is 9.87. The summed E-state index contributed by atoms with van der Waals surface area (Å²) < 4.78 is 0. The molecule has 124 valence electrons. The molecular formula is C17H19BrClNO2S. The number of phenolic OH excluding ortho intramolecular Hbond substituents is 2. The Bertz CT molecular complexity index is 694. The number of aromatic hydroxyl groups is 2. The Morgan fingerprint density at radius 2 is 1.91 bits per heavy atom. The summed E-state index contributed by atoms with van der Waals surface area (Å²) in [6.07, 6.45) is 2.76. The minimum Gasteiger partial charge on any atom is -0.504 e. The fraction of sp³-hybridized carbons (Fsp3) is 0.294. The standard InChI is InChI=1S/C17H18ClNO2S.BrH/c1-22-17-12-6-7-19-9-14(10-2-4-11(18)5-3-10)13(12)8-15(20)16(17)21;/h2-5,8,14,19-21H,6-7,9H2,1H3;1H. The van der Waals surface area contributed by atoms with E-state index in [9.17, 15) is 10.2 Å². The highest BCUT2D eigenvalue weighted by molar-refractivity contribution is 8.93. The molecule has 0 fully saturated rings. The van der Waals surface area contributed by atoms with Crippen molar-refractivity contribution in [1.29, 1.82) is 0 Å². The van der Waals surface area contributed by atoms with Gasteiger partial charge in [-0.15, -0.1) is 28.7 Å². The highest BCUT2D eigenvalue weighted by Crippen LogP contribution is 2.44. The van der Waals surface area contributed by atoms with Gasteiger partial charge in [0.15, 0.2) is 11.5 Å². The van der Waals surface area contributed by atoms with Gasteiger partial charge in [0, 0.05) is 17.5 Å². The van der Waals surface area contributed by atoms with Gasteiger partial charge in [0.2, 0.25) is 0 Å². The van der Waals surface area contributed by atoms with Crippen molar-refractivity contribution in [2.75, 3.05) is 19.3 Å². The van der Waals surface area contributed by atoms with E-state index < -0.39 is 0 Å². The SMILES string of the molecule is Br.CSc1c(O)c(O)cc2c1CCNCC2c1ccc(Cl)cc1. The molecule has 0 bridgehead atoms. The molecule has 1 unspecified atom stereocenters. The molecule has 3 N–H and O–H groups in total. The first-order valence-corrected chi connectivity index (χ1v) is 8.80. The van der Waals surface area contributed by atoms with E-state index in [2.05, 4.69) is 5.32 Å². The smallest absolute Gasteiger partial charge is 0.171 e. The Kier molecular flexibility index (Phi) is 6.26. The Hall–Kier alpha value is -0.880. The van der Waals surface area contributed by atoms with E-state index in [4.69, 9.17) is 11.6 Å². The summed E-state index contributed by atoms with van der Waals surface area (Å²) in [5.41, 5.74) is 3.34. The van der Waals surface area contributed by atoms with Gasteiger partial charge < -0.3 is 15.5 Å². The zero-order valence-electron chi connectivity index (χ0n) is 12.7. The van der Waals surface area contributed by atoms with Gasteiger partial charge in [-0.1, -0.05) is 23.7 Å². The lowest BCUT2D eigenvalue weighted by Gasteiger charge is -2.21. The first-order chi connectivity index (χ1) is 10.6. The summed E-state index contributed by atoms with van der Waals surface area (Å²) in [4.78, 5) is 0.776.